The van der Waals surface area contributed by atoms with Gasteiger partial charge in [0, 0.05) is 6.61 Å². The highest BCUT2D eigenvalue weighted by Crippen LogP contribution is 2.19. The molecular formula is C13H17NO3S. The molecule has 0 unspecified atom stereocenters. The van der Waals surface area contributed by atoms with Crippen LogP contribution in [0.15, 0.2) is 12.1 Å². The Morgan fingerprint density at radius 2 is 2.17 bits per heavy atom. The molecule has 0 saturated carbocycles. The minimum Gasteiger partial charge on any atom is -0.376 e. The van der Waals surface area contributed by atoms with Crippen molar-refractivity contribution in [1.82, 2.24) is 5.32 Å². The minimum absolute atomic E-state index is 0.00266. The lowest BCUT2D eigenvalue weighted by molar-refractivity contribution is 0.0714. The SMILES string of the molecule is CC(=O)c1ccc(C(=O)N[C@H](C)[C@@H]2CCCO2)s1. The van der Waals surface area contributed by atoms with E-state index in [0.29, 0.717) is 9.75 Å². The van der Waals surface area contributed by atoms with Gasteiger partial charge in [0.25, 0.3) is 5.91 Å². The van der Waals surface area contributed by atoms with Gasteiger partial charge in [-0.3, -0.25) is 9.59 Å². The molecule has 0 aromatic carbocycles. The maximum atomic E-state index is 12.0. The van der Waals surface area contributed by atoms with E-state index in [1.165, 1.54) is 18.3 Å². The number of thiophene rings is 1. The van der Waals surface area contributed by atoms with Gasteiger partial charge in [-0.15, -0.1) is 11.3 Å². The monoisotopic (exact) mass is 267 g/mol. The van der Waals surface area contributed by atoms with E-state index in [9.17, 15) is 9.59 Å². The lowest BCUT2D eigenvalue weighted by atomic mass is 10.1. The Hall–Kier alpha value is -1.20. The molecule has 2 heterocycles. The first-order valence-corrected chi connectivity index (χ1v) is 6.93. The van der Waals surface area contributed by atoms with Gasteiger partial charge in [0.2, 0.25) is 0 Å². The van der Waals surface area contributed by atoms with Gasteiger partial charge in [0.1, 0.15) is 0 Å². The second-order valence-electron chi connectivity index (χ2n) is 4.53. The van der Waals surface area contributed by atoms with Gasteiger partial charge in [0.05, 0.1) is 21.9 Å². The quantitative estimate of drug-likeness (QED) is 0.851. The molecule has 1 amide bonds. The Kier molecular flexibility index (Phi) is 4.14. The van der Waals surface area contributed by atoms with Crippen LogP contribution < -0.4 is 5.32 Å². The van der Waals surface area contributed by atoms with Crippen LogP contribution in [0.4, 0.5) is 0 Å². The standard InChI is InChI=1S/C13H17NO3S/c1-8(10-4-3-7-17-10)14-13(16)12-6-5-11(18-12)9(2)15/h5-6,8,10H,3-4,7H2,1-2H3,(H,14,16)/t8-,10+/m1/s1. The van der Waals surface area contributed by atoms with Gasteiger partial charge in [-0.05, 0) is 38.8 Å². The first-order chi connectivity index (χ1) is 8.58. The molecule has 0 bridgehead atoms. The first kappa shape index (κ1) is 13.2. The summed E-state index contributed by atoms with van der Waals surface area (Å²) >= 11 is 1.23. The summed E-state index contributed by atoms with van der Waals surface area (Å²) in [7, 11) is 0. The lowest BCUT2D eigenvalue weighted by Gasteiger charge is -2.19. The van der Waals surface area contributed by atoms with Crippen LogP contribution in [0.2, 0.25) is 0 Å². The van der Waals surface area contributed by atoms with Crippen molar-refractivity contribution in [1.29, 1.82) is 0 Å². The van der Waals surface area contributed by atoms with Crippen molar-refractivity contribution in [3.8, 4) is 0 Å². The molecule has 0 radical (unpaired) electrons. The fraction of sp³-hybridized carbons (Fsp3) is 0.538. The van der Waals surface area contributed by atoms with Crippen molar-refractivity contribution < 1.29 is 14.3 Å². The Bertz CT molecular complexity index is 449. The largest absolute Gasteiger partial charge is 0.376 e. The summed E-state index contributed by atoms with van der Waals surface area (Å²) in [6.07, 6.45) is 2.16. The third-order valence-electron chi connectivity index (χ3n) is 3.06. The first-order valence-electron chi connectivity index (χ1n) is 6.11. The number of ether oxygens (including phenoxy) is 1. The lowest BCUT2D eigenvalue weighted by Crippen LogP contribution is -2.40. The number of carbonyl (C=O) groups is 2. The van der Waals surface area contributed by atoms with Gasteiger partial charge in [-0.25, -0.2) is 0 Å². The second kappa shape index (κ2) is 5.63. The fourth-order valence-electron chi connectivity index (χ4n) is 2.02. The topological polar surface area (TPSA) is 55.4 Å². The molecule has 1 aromatic rings. The molecule has 0 spiro atoms. The highest BCUT2D eigenvalue weighted by atomic mass is 32.1. The molecule has 1 fully saturated rings. The van der Waals surface area contributed by atoms with Gasteiger partial charge in [-0.1, -0.05) is 0 Å². The normalized spacial score (nSPS) is 20.7. The molecule has 18 heavy (non-hydrogen) atoms. The predicted molar refractivity (Wildman–Crippen MR) is 70.2 cm³/mol. The number of hydrogen-bond donors (Lipinski definition) is 1. The summed E-state index contributed by atoms with van der Waals surface area (Å²) in [6, 6.07) is 3.39. The third kappa shape index (κ3) is 2.97. The summed E-state index contributed by atoms with van der Waals surface area (Å²) in [5.74, 6) is -0.137. The van der Waals surface area contributed by atoms with E-state index in [1.807, 2.05) is 6.92 Å². The maximum Gasteiger partial charge on any atom is 0.261 e. The zero-order valence-electron chi connectivity index (χ0n) is 10.6. The Morgan fingerprint density at radius 1 is 1.44 bits per heavy atom. The number of rotatable bonds is 4. The summed E-state index contributed by atoms with van der Waals surface area (Å²) in [4.78, 5) is 24.3. The van der Waals surface area contributed by atoms with Crippen LogP contribution in [-0.4, -0.2) is 30.4 Å². The number of nitrogens with one attached hydrogen (secondary N) is 1. The average Bonchev–Trinajstić information content (AvgIpc) is 3.00. The van der Waals surface area contributed by atoms with E-state index in [4.69, 9.17) is 4.74 Å². The smallest absolute Gasteiger partial charge is 0.261 e. The zero-order chi connectivity index (χ0) is 13.1. The van der Waals surface area contributed by atoms with Crippen LogP contribution >= 0.6 is 11.3 Å². The molecule has 1 aromatic heterocycles. The minimum atomic E-state index is -0.129. The summed E-state index contributed by atoms with van der Waals surface area (Å²) < 4.78 is 5.53. The van der Waals surface area contributed by atoms with Crippen molar-refractivity contribution in [3.05, 3.63) is 21.9 Å². The molecule has 5 heteroatoms. The molecule has 2 rings (SSSR count). The van der Waals surface area contributed by atoms with E-state index in [1.54, 1.807) is 12.1 Å². The highest BCUT2D eigenvalue weighted by Gasteiger charge is 2.24. The number of carbonyl (C=O) groups excluding carboxylic acids is 2. The highest BCUT2D eigenvalue weighted by molar-refractivity contribution is 7.15. The van der Waals surface area contributed by atoms with Crippen molar-refractivity contribution in [2.45, 2.75) is 38.8 Å². The van der Waals surface area contributed by atoms with Crippen molar-refractivity contribution in [3.63, 3.8) is 0 Å². The fourth-order valence-corrected chi connectivity index (χ4v) is 2.82. The number of Topliss-reactive ketones (excluding diaryl/α,β-unsaturated/α-hetero) is 1. The third-order valence-corrected chi connectivity index (χ3v) is 4.24. The Labute approximate surface area is 110 Å². The molecular weight excluding hydrogens is 250 g/mol. The molecule has 1 saturated heterocycles. The summed E-state index contributed by atoms with van der Waals surface area (Å²) in [6.45, 7) is 4.23. The average molecular weight is 267 g/mol. The van der Waals surface area contributed by atoms with Crippen LogP contribution in [0, 0.1) is 0 Å². The molecule has 2 atom stereocenters. The van der Waals surface area contributed by atoms with Gasteiger partial charge in [0.15, 0.2) is 5.78 Å². The number of hydrogen-bond acceptors (Lipinski definition) is 4. The van der Waals surface area contributed by atoms with Crippen LogP contribution in [-0.2, 0) is 4.74 Å². The van der Waals surface area contributed by atoms with Gasteiger partial charge >= 0.3 is 0 Å². The summed E-state index contributed by atoms with van der Waals surface area (Å²) in [5.41, 5.74) is 0. The van der Waals surface area contributed by atoms with Crippen molar-refractivity contribution in [2.24, 2.45) is 0 Å². The molecule has 0 aliphatic carbocycles. The number of amides is 1. The zero-order valence-corrected chi connectivity index (χ0v) is 11.4. The molecule has 1 aliphatic heterocycles. The Morgan fingerprint density at radius 3 is 2.72 bits per heavy atom. The predicted octanol–water partition coefficient (Wildman–Crippen LogP) is 2.25. The molecule has 98 valence electrons. The molecule has 1 N–H and O–H groups in total. The van der Waals surface area contributed by atoms with Crippen LogP contribution in [0.5, 0.6) is 0 Å². The van der Waals surface area contributed by atoms with Crippen molar-refractivity contribution in [2.75, 3.05) is 6.61 Å². The molecule has 4 nitrogen and oxygen atoms in total. The van der Waals surface area contributed by atoms with E-state index < -0.39 is 0 Å². The number of ketones is 1. The van der Waals surface area contributed by atoms with Crippen LogP contribution in [0.3, 0.4) is 0 Å². The van der Waals surface area contributed by atoms with Crippen LogP contribution in [0.1, 0.15) is 46.0 Å². The van der Waals surface area contributed by atoms with E-state index >= 15 is 0 Å². The van der Waals surface area contributed by atoms with Crippen LogP contribution in [0.25, 0.3) is 0 Å². The van der Waals surface area contributed by atoms with E-state index in [0.717, 1.165) is 19.4 Å². The van der Waals surface area contributed by atoms with Gasteiger partial charge < -0.3 is 10.1 Å². The summed E-state index contributed by atoms with van der Waals surface area (Å²) in [5, 5.41) is 2.93. The molecule has 1 aliphatic rings. The van der Waals surface area contributed by atoms with E-state index in [2.05, 4.69) is 5.32 Å². The maximum absolute atomic E-state index is 12.0. The van der Waals surface area contributed by atoms with Gasteiger partial charge in [-0.2, -0.15) is 0 Å². The van der Waals surface area contributed by atoms with E-state index in [-0.39, 0.29) is 23.8 Å². The second-order valence-corrected chi connectivity index (χ2v) is 5.62. The van der Waals surface area contributed by atoms with Crippen molar-refractivity contribution >= 4 is 23.0 Å². The Balaban J connectivity index is 1.95.